The molecule has 1 fully saturated rings. The Bertz CT molecular complexity index is 682. The van der Waals surface area contributed by atoms with Gasteiger partial charge < -0.3 is 15.2 Å². The van der Waals surface area contributed by atoms with E-state index in [0.29, 0.717) is 6.54 Å². The van der Waals surface area contributed by atoms with E-state index in [1.54, 1.807) is 0 Å². The van der Waals surface area contributed by atoms with Crippen LogP contribution in [-0.2, 0) is 11.3 Å². The van der Waals surface area contributed by atoms with Gasteiger partial charge in [-0.1, -0.05) is 11.2 Å². The number of benzene rings is 1. The van der Waals surface area contributed by atoms with Crippen LogP contribution in [0.1, 0.15) is 35.4 Å². The minimum Gasteiger partial charge on any atom is -0.380 e. The average Bonchev–Trinajstić information content (AvgIpc) is 3.28. The summed E-state index contributed by atoms with van der Waals surface area (Å²) in [7, 11) is 0. The Labute approximate surface area is 130 Å². The fraction of sp³-hybridized carbons (Fsp3) is 0.412. The Kier molecular flexibility index (Phi) is 3.88. The molecule has 116 valence electrons. The minimum absolute atomic E-state index is 0.125. The number of carbonyl (C=O) groups excluding carboxylic acids is 1. The van der Waals surface area contributed by atoms with Crippen molar-refractivity contribution in [2.24, 2.45) is 5.92 Å². The summed E-state index contributed by atoms with van der Waals surface area (Å²) >= 11 is 0. The summed E-state index contributed by atoms with van der Waals surface area (Å²) in [4.78, 5) is 11.9. The normalized spacial score (nSPS) is 14.0. The molecule has 3 rings (SSSR count). The molecule has 0 radical (unpaired) electrons. The first-order valence-electron chi connectivity index (χ1n) is 7.61. The van der Waals surface area contributed by atoms with Crippen LogP contribution in [0.2, 0.25) is 0 Å². The van der Waals surface area contributed by atoms with Gasteiger partial charge in [0.05, 0.1) is 5.69 Å². The molecular formula is C17H21N3O2. The number of anilines is 2. The molecule has 0 atom stereocenters. The Hall–Kier alpha value is -2.30. The molecule has 2 N–H and O–H groups in total. The van der Waals surface area contributed by atoms with Crippen molar-refractivity contribution in [3.8, 4) is 0 Å². The molecule has 5 heteroatoms. The van der Waals surface area contributed by atoms with Gasteiger partial charge in [0.15, 0.2) is 0 Å². The molecule has 1 heterocycles. The van der Waals surface area contributed by atoms with Crippen LogP contribution in [0.5, 0.6) is 0 Å². The highest BCUT2D eigenvalue weighted by Crippen LogP contribution is 2.31. The summed E-state index contributed by atoms with van der Waals surface area (Å²) < 4.78 is 5.18. The van der Waals surface area contributed by atoms with Crippen LogP contribution in [-0.4, -0.2) is 11.1 Å². The standard InChI is InChI=1S/C17H21N3O2/c1-10-4-7-14(19-17(21)13-5-6-13)8-16(10)18-9-15-11(2)20-22-12(15)3/h4,7-8,13,18H,5-6,9H2,1-3H3,(H,19,21). The zero-order chi connectivity index (χ0) is 15.7. The van der Waals surface area contributed by atoms with Crippen LogP contribution in [0.25, 0.3) is 0 Å². The second kappa shape index (κ2) is 5.83. The van der Waals surface area contributed by atoms with Gasteiger partial charge in [-0.3, -0.25) is 4.79 Å². The molecule has 0 saturated heterocycles. The summed E-state index contributed by atoms with van der Waals surface area (Å²) in [5.74, 6) is 1.17. The molecule has 1 saturated carbocycles. The molecule has 1 aliphatic rings. The zero-order valence-corrected chi connectivity index (χ0v) is 13.2. The maximum atomic E-state index is 11.9. The second-order valence-electron chi connectivity index (χ2n) is 5.95. The van der Waals surface area contributed by atoms with Gasteiger partial charge in [0.1, 0.15) is 5.76 Å². The SMILES string of the molecule is Cc1ccc(NC(=O)C2CC2)cc1NCc1c(C)noc1C. The molecule has 0 aliphatic heterocycles. The van der Waals surface area contributed by atoms with Gasteiger partial charge >= 0.3 is 0 Å². The van der Waals surface area contributed by atoms with Crippen molar-refractivity contribution in [2.75, 3.05) is 10.6 Å². The maximum absolute atomic E-state index is 11.9. The van der Waals surface area contributed by atoms with E-state index in [-0.39, 0.29) is 11.8 Å². The van der Waals surface area contributed by atoms with Crippen LogP contribution < -0.4 is 10.6 Å². The minimum atomic E-state index is 0.125. The highest BCUT2D eigenvalue weighted by atomic mass is 16.5. The van der Waals surface area contributed by atoms with Crippen LogP contribution in [0, 0.1) is 26.7 Å². The van der Waals surface area contributed by atoms with Crippen LogP contribution in [0.3, 0.4) is 0 Å². The van der Waals surface area contributed by atoms with Gasteiger partial charge in [0, 0.05) is 29.4 Å². The number of rotatable bonds is 5. The first-order chi connectivity index (χ1) is 10.5. The Morgan fingerprint density at radius 1 is 1.32 bits per heavy atom. The quantitative estimate of drug-likeness (QED) is 0.886. The van der Waals surface area contributed by atoms with Gasteiger partial charge in [-0.15, -0.1) is 0 Å². The third-order valence-electron chi connectivity index (χ3n) is 4.09. The van der Waals surface area contributed by atoms with Gasteiger partial charge in [-0.2, -0.15) is 0 Å². The monoisotopic (exact) mass is 299 g/mol. The van der Waals surface area contributed by atoms with E-state index < -0.39 is 0 Å². The lowest BCUT2D eigenvalue weighted by atomic mass is 10.1. The topological polar surface area (TPSA) is 67.2 Å². The number of hydrogen-bond acceptors (Lipinski definition) is 4. The predicted molar refractivity (Wildman–Crippen MR) is 85.8 cm³/mol. The van der Waals surface area contributed by atoms with E-state index in [1.807, 2.05) is 39.0 Å². The molecule has 5 nitrogen and oxygen atoms in total. The van der Waals surface area contributed by atoms with E-state index in [0.717, 1.165) is 46.8 Å². The van der Waals surface area contributed by atoms with Crippen molar-refractivity contribution in [2.45, 2.75) is 40.2 Å². The lowest BCUT2D eigenvalue weighted by Gasteiger charge is -2.12. The van der Waals surface area contributed by atoms with Gasteiger partial charge in [0.2, 0.25) is 5.91 Å². The fourth-order valence-electron chi connectivity index (χ4n) is 2.42. The summed E-state index contributed by atoms with van der Waals surface area (Å²) in [6.07, 6.45) is 2.02. The summed E-state index contributed by atoms with van der Waals surface area (Å²) in [5.41, 5.74) is 4.96. The Balaban J connectivity index is 1.71. The van der Waals surface area contributed by atoms with Crippen LogP contribution in [0.15, 0.2) is 22.7 Å². The number of amides is 1. The molecule has 0 spiro atoms. The van der Waals surface area contributed by atoms with Gasteiger partial charge in [0.25, 0.3) is 0 Å². The molecule has 0 unspecified atom stereocenters. The van der Waals surface area contributed by atoms with E-state index in [4.69, 9.17) is 4.52 Å². The summed E-state index contributed by atoms with van der Waals surface area (Å²) in [6.45, 7) is 6.55. The van der Waals surface area contributed by atoms with Gasteiger partial charge in [-0.25, -0.2) is 0 Å². The van der Waals surface area contributed by atoms with E-state index in [9.17, 15) is 4.79 Å². The number of carbonyl (C=O) groups is 1. The number of nitrogens with one attached hydrogen (secondary N) is 2. The molecule has 0 bridgehead atoms. The van der Waals surface area contributed by atoms with Crippen LogP contribution >= 0.6 is 0 Å². The number of nitrogens with zero attached hydrogens (tertiary/aromatic N) is 1. The van der Waals surface area contributed by atoms with Gasteiger partial charge in [-0.05, 0) is 51.3 Å². The molecule has 1 aliphatic carbocycles. The molecule has 1 aromatic carbocycles. The average molecular weight is 299 g/mol. The summed E-state index contributed by atoms with van der Waals surface area (Å²) in [6, 6.07) is 5.93. The molecule has 1 amide bonds. The highest BCUT2D eigenvalue weighted by Gasteiger charge is 2.29. The Morgan fingerprint density at radius 3 is 2.73 bits per heavy atom. The number of aryl methyl sites for hydroxylation is 3. The van der Waals surface area contributed by atoms with Crippen molar-refractivity contribution in [3.05, 3.63) is 40.8 Å². The number of aromatic nitrogens is 1. The van der Waals surface area contributed by atoms with Crippen molar-refractivity contribution >= 4 is 17.3 Å². The third kappa shape index (κ3) is 3.13. The van der Waals surface area contributed by atoms with E-state index in [1.165, 1.54) is 0 Å². The maximum Gasteiger partial charge on any atom is 0.227 e. The Morgan fingerprint density at radius 2 is 2.09 bits per heavy atom. The van der Waals surface area contributed by atoms with Crippen molar-refractivity contribution < 1.29 is 9.32 Å². The smallest absolute Gasteiger partial charge is 0.227 e. The molecule has 22 heavy (non-hydrogen) atoms. The van der Waals surface area contributed by atoms with E-state index >= 15 is 0 Å². The lowest BCUT2D eigenvalue weighted by molar-refractivity contribution is -0.117. The van der Waals surface area contributed by atoms with Crippen molar-refractivity contribution in [1.82, 2.24) is 5.16 Å². The van der Waals surface area contributed by atoms with Crippen molar-refractivity contribution in [3.63, 3.8) is 0 Å². The molecule has 2 aromatic rings. The fourth-order valence-corrected chi connectivity index (χ4v) is 2.42. The van der Waals surface area contributed by atoms with E-state index in [2.05, 4.69) is 15.8 Å². The van der Waals surface area contributed by atoms with Crippen molar-refractivity contribution in [1.29, 1.82) is 0 Å². The first-order valence-corrected chi connectivity index (χ1v) is 7.61. The highest BCUT2D eigenvalue weighted by molar-refractivity contribution is 5.94. The van der Waals surface area contributed by atoms with Crippen LogP contribution in [0.4, 0.5) is 11.4 Å². The zero-order valence-electron chi connectivity index (χ0n) is 13.2. The summed E-state index contributed by atoms with van der Waals surface area (Å²) in [5, 5.41) is 10.3. The second-order valence-corrected chi connectivity index (χ2v) is 5.95. The lowest BCUT2D eigenvalue weighted by Crippen LogP contribution is -2.13. The molecular weight excluding hydrogens is 278 g/mol. The largest absolute Gasteiger partial charge is 0.380 e. The predicted octanol–water partition coefficient (Wildman–Crippen LogP) is 3.56. The third-order valence-corrected chi connectivity index (χ3v) is 4.09. The number of hydrogen-bond donors (Lipinski definition) is 2. The first kappa shape index (κ1) is 14.6. The molecule has 1 aromatic heterocycles.